The van der Waals surface area contributed by atoms with Crippen LogP contribution in [0.1, 0.15) is 19.8 Å². The first-order valence-corrected chi connectivity index (χ1v) is 18.0. The Morgan fingerprint density at radius 2 is 1.32 bits per heavy atom. The lowest BCUT2D eigenvalue weighted by Gasteiger charge is -2.40. The van der Waals surface area contributed by atoms with Crippen molar-refractivity contribution < 1.29 is 108 Å². The third-order valence-corrected chi connectivity index (χ3v) is 9.65. The Hall–Kier alpha value is -5.21. The molecule has 2 aromatic carbocycles. The summed E-state index contributed by atoms with van der Waals surface area (Å²) in [7, 11) is 4.76. The monoisotopic (exact) mass is 858 g/mol. The van der Waals surface area contributed by atoms with Crippen LogP contribution < -0.4 is 29.1 Å². The number of aliphatic hydroxyl groups excluding tert-OH is 7. The van der Waals surface area contributed by atoms with Crippen molar-refractivity contribution in [3.05, 3.63) is 28.4 Å². The highest BCUT2D eigenvalue weighted by molar-refractivity contribution is 5.96. The van der Waals surface area contributed by atoms with Crippen LogP contribution in [0, 0.1) is 0 Å². The minimum Gasteiger partial charge on any atom is -0.504 e. The van der Waals surface area contributed by atoms with E-state index in [-0.39, 0.29) is 39.9 Å². The molecule has 0 aliphatic carbocycles. The summed E-state index contributed by atoms with van der Waals surface area (Å²) < 4.78 is 54.1. The van der Waals surface area contributed by atoms with Crippen LogP contribution in [-0.2, 0) is 28.5 Å². The molecule has 0 saturated carbocycles. The van der Waals surface area contributed by atoms with Crippen molar-refractivity contribution in [2.75, 3.05) is 41.7 Å². The van der Waals surface area contributed by atoms with Gasteiger partial charge >= 0.3 is 11.9 Å². The number of hydrogen-bond acceptors (Lipinski definition) is 23. The molecule has 2 aliphatic heterocycles. The van der Waals surface area contributed by atoms with E-state index in [2.05, 4.69) is 0 Å². The number of aliphatic hydroxyl groups is 8. The molecule has 60 heavy (non-hydrogen) atoms. The number of phenolic OH excluding ortho intramolecular Hbond substituents is 2. The van der Waals surface area contributed by atoms with E-state index in [1.54, 1.807) is 0 Å². The van der Waals surface area contributed by atoms with Crippen molar-refractivity contribution in [1.82, 2.24) is 0 Å². The highest BCUT2D eigenvalue weighted by Gasteiger charge is 2.48. The second-order valence-electron chi connectivity index (χ2n) is 14.0. The SMILES string of the molecule is COc1cc(-c2oc3c(OC)c(O)c(OC)c(OC)c3c(=O)c2O[C@@H]2O[C@H](COC(=O)CC(C)(O)CC(=O)O[C@H]3O[C@H](CO)[C@@H](O)[C@H](O)[C@H]3O)[C@@H](O)[C@H](O)[C@H]2O)ccc1O. The number of rotatable bonds is 15. The van der Waals surface area contributed by atoms with Crippen LogP contribution in [-0.4, -0.2) is 172 Å². The Morgan fingerprint density at radius 1 is 0.733 bits per heavy atom. The fourth-order valence-electron chi connectivity index (χ4n) is 6.52. The molecule has 1 unspecified atom stereocenters. The molecule has 11 atom stereocenters. The predicted octanol–water partition coefficient (Wildman–Crippen LogP) is -2.49. The van der Waals surface area contributed by atoms with Crippen LogP contribution in [0.4, 0.5) is 0 Å². The zero-order chi connectivity index (χ0) is 44.4. The summed E-state index contributed by atoms with van der Waals surface area (Å²) in [6.07, 6.45) is -20.3. The molecule has 2 fully saturated rings. The zero-order valence-corrected chi connectivity index (χ0v) is 32.6. The lowest BCUT2D eigenvalue weighted by atomic mass is 9.97. The Kier molecular flexibility index (Phi) is 14.2. The van der Waals surface area contributed by atoms with Gasteiger partial charge in [-0.15, -0.1) is 0 Å². The number of esters is 2. The summed E-state index contributed by atoms with van der Waals surface area (Å²) in [6, 6.07) is 3.75. The lowest BCUT2D eigenvalue weighted by Crippen LogP contribution is -2.60. The minimum atomic E-state index is -2.17. The Morgan fingerprint density at radius 3 is 1.92 bits per heavy atom. The largest absolute Gasteiger partial charge is 0.504 e. The van der Waals surface area contributed by atoms with Gasteiger partial charge in [0.2, 0.25) is 41.0 Å². The highest BCUT2D eigenvalue weighted by atomic mass is 16.7. The van der Waals surface area contributed by atoms with Crippen LogP contribution in [0.15, 0.2) is 27.4 Å². The molecule has 2 aliphatic rings. The van der Waals surface area contributed by atoms with Gasteiger partial charge in [-0.1, -0.05) is 0 Å². The molecule has 332 valence electrons. The number of phenols is 2. The molecule has 2 saturated heterocycles. The van der Waals surface area contributed by atoms with Gasteiger partial charge in [-0.05, 0) is 25.1 Å². The van der Waals surface area contributed by atoms with Crippen LogP contribution in [0.3, 0.4) is 0 Å². The molecule has 23 heteroatoms. The molecule has 3 aromatic rings. The second kappa shape index (κ2) is 18.6. The summed E-state index contributed by atoms with van der Waals surface area (Å²) in [5.74, 6) is -5.54. The summed E-state index contributed by atoms with van der Waals surface area (Å²) in [5, 5.41) is 103. The molecule has 0 radical (unpaired) electrons. The average molecular weight is 859 g/mol. The molecular formula is C37H46O23. The summed E-state index contributed by atoms with van der Waals surface area (Å²) in [5.41, 5.74) is -3.54. The number of benzene rings is 2. The third kappa shape index (κ3) is 9.09. The predicted molar refractivity (Wildman–Crippen MR) is 195 cm³/mol. The number of carbonyl (C=O) groups excluding carboxylic acids is 2. The fourth-order valence-corrected chi connectivity index (χ4v) is 6.52. The molecule has 10 N–H and O–H groups in total. The van der Waals surface area contributed by atoms with Gasteiger partial charge < -0.3 is 98.1 Å². The fraction of sp³-hybridized carbons (Fsp3) is 0.541. The molecule has 5 rings (SSSR count). The number of fused-ring (bicyclic) bond motifs is 1. The smallest absolute Gasteiger partial charge is 0.311 e. The number of methoxy groups -OCH3 is 4. The second-order valence-corrected chi connectivity index (χ2v) is 14.0. The van der Waals surface area contributed by atoms with E-state index in [0.717, 1.165) is 14.0 Å². The van der Waals surface area contributed by atoms with Crippen molar-refractivity contribution in [2.45, 2.75) is 86.8 Å². The molecule has 3 heterocycles. The maximum Gasteiger partial charge on any atom is 0.311 e. The summed E-state index contributed by atoms with van der Waals surface area (Å²) in [6.45, 7) is -0.603. The van der Waals surface area contributed by atoms with E-state index in [4.69, 9.17) is 47.0 Å². The molecule has 0 amide bonds. The van der Waals surface area contributed by atoms with Gasteiger partial charge in [0, 0.05) is 5.56 Å². The molecule has 0 bridgehead atoms. The lowest BCUT2D eigenvalue weighted by molar-refractivity contribution is -0.293. The molecule has 1 aromatic heterocycles. The van der Waals surface area contributed by atoms with Gasteiger partial charge in [0.1, 0.15) is 60.8 Å². The Labute approximate surface area is 338 Å². The number of ether oxygens (including phenoxy) is 9. The van der Waals surface area contributed by atoms with Gasteiger partial charge in [0.25, 0.3) is 0 Å². The standard InChI is InChI=1S/C37H46O23/c1-37(50,10-19(41)58-35-26(47)24(45)21(42)16(11-38)56-35)9-18(40)55-12-17-22(43)25(46)27(48)36(57-17)60-34-23(44)20-30(52-3)32(53-4)28(49)33(54-5)31(20)59-29(34)13-6-7-14(39)15(8-13)51-2/h6-8,16-17,21-22,24-27,35-36,38-39,42-43,45-50H,9-12H2,1-5H3/t16-,17-,21-,22-,24+,25+,26-,27-,35-,36+,37?/m1/s1. The Balaban J connectivity index is 1.38. The van der Waals surface area contributed by atoms with Crippen LogP contribution in [0.5, 0.6) is 40.2 Å². The maximum absolute atomic E-state index is 14.4. The quantitative estimate of drug-likeness (QED) is 0.0707. The van der Waals surface area contributed by atoms with Gasteiger partial charge in [-0.25, -0.2) is 0 Å². The molecule has 23 nitrogen and oxygen atoms in total. The number of carbonyl (C=O) groups is 2. The molecular weight excluding hydrogens is 812 g/mol. The van der Waals surface area contributed by atoms with E-state index in [9.17, 15) is 65.4 Å². The highest BCUT2D eigenvalue weighted by Crippen LogP contribution is 2.51. The van der Waals surface area contributed by atoms with Crippen LogP contribution in [0.25, 0.3) is 22.3 Å². The van der Waals surface area contributed by atoms with Crippen molar-refractivity contribution in [2.24, 2.45) is 0 Å². The Bertz CT molecular complexity index is 2080. The summed E-state index contributed by atoms with van der Waals surface area (Å²) >= 11 is 0. The van der Waals surface area contributed by atoms with E-state index in [0.29, 0.717) is 0 Å². The van der Waals surface area contributed by atoms with Crippen molar-refractivity contribution in [1.29, 1.82) is 0 Å². The van der Waals surface area contributed by atoms with Crippen LogP contribution >= 0.6 is 0 Å². The minimum absolute atomic E-state index is 0.0236. The van der Waals surface area contributed by atoms with Crippen LogP contribution in [0.2, 0.25) is 0 Å². The van der Waals surface area contributed by atoms with E-state index in [1.165, 1.54) is 39.5 Å². The van der Waals surface area contributed by atoms with E-state index < -0.39 is 133 Å². The van der Waals surface area contributed by atoms with Gasteiger partial charge in [0.15, 0.2) is 28.6 Å². The third-order valence-electron chi connectivity index (χ3n) is 9.65. The maximum atomic E-state index is 14.4. The topological polar surface area (TPSA) is 350 Å². The number of hydrogen-bond donors (Lipinski definition) is 10. The van der Waals surface area contributed by atoms with Gasteiger partial charge in [0.05, 0.1) is 53.5 Å². The van der Waals surface area contributed by atoms with Gasteiger partial charge in [-0.2, -0.15) is 0 Å². The first kappa shape index (κ1) is 45.9. The molecule has 0 spiro atoms. The van der Waals surface area contributed by atoms with Crippen molar-refractivity contribution in [3.8, 4) is 51.6 Å². The van der Waals surface area contributed by atoms with Crippen molar-refractivity contribution >= 4 is 22.9 Å². The first-order chi connectivity index (χ1) is 28.3. The van der Waals surface area contributed by atoms with E-state index in [1.807, 2.05) is 0 Å². The first-order valence-electron chi connectivity index (χ1n) is 18.0. The summed E-state index contributed by atoms with van der Waals surface area (Å²) in [4.78, 5) is 39.9. The normalized spacial score (nSPS) is 27.7. The number of aromatic hydroxyl groups is 2. The van der Waals surface area contributed by atoms with Crippen molar-refractivity contribution in [3.63, 3.8) is 0 Å². The zero-order valence-electron chi connectivity index (χ0n) is 32.6. The average Bonchev–Trinajstić information content (AvgIpc) is 3.20. The van der Waals surface area contributed by atoms with Gasteiger partial charge in [-0.3, -0.25) is 14.4 Å². The van der Waals surface area contributed by atoms with E-state index >= 15 is 0 Å².